The van der Waals surface area contributed by atoms with Crippen LogP contribution in [-0.4, -0.2) is 15.5 Å². The minimum atomic E-state index is -0.164. The molecule has 0 radical (unpaired) electrons. The quantitative estimate of drug-likeness (QED) is 0.792. The van der Waals surface area contributed by atoms with Crippen molar-refractivity contribution in [2.24, 2.45) is 0 Å². The van der Waals surface area contributed by atoms with Crippen LogP contribution in [0.2, 0.25) is 5.02 Å². The van der Waals surface area contributed by atoms with E-state index in [2.05, 4.69) is 10.3 Å². The summed E-state index contributed by atoms with van der Waals surface area (Å²) in [4.78, 5) is 16.3. The largest absolute Gasteiger partial charge is 0.322 e. The molecule has 0 aliphatic rings. The predicted octanol–water partition coefficient (Wildman–Crippen LogP) is 4.09. The molecule has 5 heteroatoms. The van der Waals surface area contributed by atoms with E-state index in [4.69, 9.17) is 11.6 Å². The van der Waals surface area contributed by atoms with Crippen LogP contribution in [0.25, 0.3) is 5.69 Å². The van der Waals surface area contributed by atoms with Crippen LogP contribution in [0.15, 0.2) is 61.2 Å². The Labute approximate surface area is 133 Å². The zero-order chi connectivity index (χ0) is 15.5. The van der Waals surface area contributed by atoms with Gasteiger partial charge in [0.2, 0.25) is 0 Å². The summed E-state index contributed by atoms with van der Waals surface area (Å²) in [5.74, 6) is -0.164. The van der Waals surface area contributed by atoms with Crippen LogP contribution >= 0.6 is 11.6 Å². The molecule has 4 nitrogen and oxygen atoms in total. The lowest BCUT2D eigenvalue weighted by molar-refractivity contribution is 0.102. The normalized spacial score (nSPS) is 10.5. The lowest BCUT2D eigenvalue weighted by atomic mass is 10.1. The number of benzene rings is 2. The fraction of sp³-hybridized carbons (Fsp3) is 0.0588. The van der Waals surface area contributed by atoms with Crippen LogP contribution in [-0.2, 0) is 0 Å². The summed E-state index contributed by atoms with van der Waals surface area (Å²) in [6, 6.07) is 12.7. The molecule has 0 spiro atoms. The van der Waals surface area contributed by atoms with Crippen LogP contribution in [0, 0.1) is 6.92 Å². The summed E-state index contributed by atoms with van der Waals surface area (Å²) in [6.45, 7) is 1.92. The number of amides is 1. The third kappa shape index (κ3) is 3.02. The monoisotopic (exact) mass is 311 g/mol. The number of hydrogen-bond donors (Lipinski definition) is 1. The predicted molar refractivity (Wildman–Crippen MR) is 87.7 cm³/mol. The summed E-state index contributed by atoms with van der Waals surface area (Å²) < 4.78 is 1.88. The van der Waals surface area contributed by atoms with Gasteiger partial charge in [0.15, 0.2) is 0 Å². The van der Waals surface area contributed by atoms with E-state index in [1.807, 2.05) is 35.9 Å². The van der Waals surface area contributed by atoms with Crippen molar-refractivity contribution >= 4 is 23.2 Å². The zero-order valence-electron chi connectivity index (χ0n) is 12.0. The van der Waals surface area contributed by atoms with Gasteiger partial charge in [-0.1, -0.05) is 17.7 Å². The van der Waals surface area contributed by atoms with Gasteiger partial charge in [-0.3, -0.25) is 4.79 Å². The topological polar surface area (TPSA) is 46.9 Å². The van der Waals surface area contributed by atoms with Gasteiger partial charge in [0, 0.05) is 34.4 Å². The van der Waals surface area contributed by atoms with Gasteiger partial charge in [-0.05, 0) is 48.9 Å². The van der Waals surface area contributed by atoms with Gasteiger partial charge >= 0.3 is 0 Å². The van der Waals surface area contributed by atoms with Gasteiger partial charge in [0.1, 0.15) is 0 Å². The van der Waals surface area contributed by atoms with E-state index in [-0.39, 0.29) is 5.91 Å². The van der Waals surface area contributed by atoms with Crippen molar-refractivity contribution in [1.29, 1.82) is 0 Å². The fourth-order valence-electron chi connectivity index (χ4n) is 2.12. The molecule has 0 aliphatic heterocycles. The average molecular weight is 312 g/mol. The Balaban J connectivity index is 1.79. The number of halogens is 1. The second-order valence-corrected chi connectivity index (χ2v) is 5.37. The number of carbonyl (C=O) groups is 1. The molecule has 1 aromatic heterocycles. The van der Waals surface area contributed by atoms with Gasteiger partial charge in [0.05, 0.1) is 6.33 Å². The first-order valence-electron chi connectivity index (χ1n) is 6.79. The molecule has 1 heterocycles. The maximum absolute atomic E-state index is 12.3. The Morgan fingerprint density at radius 3 is 2.64 bits per heavy atom. The third-order valence-corrected chi connectivity index (χ3v) is 3.61. The second-order valence-electron chi connectivity index (χ2n) is 4.93. The third-order valence-electron chi connectivity index (χ3n) is 3.38. The van der Waals surface area contributed by atoms with E-state index in [1.54, 1.807) is 36.8 Å². The molecule has 1 amide bonds. The van der Waals surface area contributed by atoms with E-state index < -0.39 is 0 Å². The number of rotatable bonds is 3. The number of nitrogens with zero attached hydrogens (tertiary/aromatic N) is 2. The van der Waals surface area contributed by atoms with Gasteiger partial charge in [-0.25, -0.2) is 4.98 Å². The number of aromatic nitrogens is 2. The van der Waals surface area contributed by atoms with Crippen LogP contribution in [0.3, 0.4) is 0 Å². The maximum atomic E-state index is 12.3. The molecule has 0 fully saturated rings. The zero-order valence-corrected chi connectivity index (χ0v) is 12.7. The first-order valence-corrected chi connectivity index (χ1v) is 7.17. The van der Waals surface area contributed by atoms with E-state index in [1.165, 1.54) is 0 Å². The molecule has 0 unspecified atom stereocenters. The number of nitrogens with one attached hydrogen (secondary N) is 1. The lowest BCUT2D eigenvalue weighted by Crippen LogP contribution is -2.12. The fourth-order valence-corrected chi connectivity index (χ4v) is 2.29. The molecule has 0 saturated heterocycles. The van der Waals surface area contributed by atoms with E-state index in [0.29, 0.717) is 10.6 Å². The first kappa shape index (κ1) is 14.4. The molecule has 1 N–H and O–H groups in total. The summed E-state index contributed by atoms with van der Waals surface area (Å²) in [7, 11) is 0. The highest BCUT2D eigenvalue weighted by Gasteiger charge is 2.08. The van der Waals surface area contributed by atoms with E-state index >= 15 is 0 Å². The number of imidazole rings is 1. The van der Waals surface area contributed by atoms with Crippen LogP contribution in [0.4, 0.5) is 5.69 Å². The minimum Gasteiger partial charge on any atom is -0.322 e. The highest BCUT2D eigenvalue weighted by atomic mass is 35.5. The molecular formula is C17H14ClN3O. The number of carbonyl (C=O) groups excluding carboxylic acids is 1. The van der Waals surface area contributed by atoms with E-state index in [9.17, 15) is 4.79 Å². The summed E-state index contributed by atoms with van der Waals surface area (Å²) >= 11 is 5.96. The molecule has 110 valence electrons. The van der Waals surface area contributed by atoms with Crippen molar-refractivity contribution < 1.29 is 4.79 Å². The number of anilines is 1. The van der Waals surface area contributed by atoms with Crippen molar-refractivity contribution in [3.63, 3.8) is 0 Å². The van der Waals surface area contributed by atoms with Crippen LogP contribution < -0.4 is 5.32 Å². The summed E-state index contributed by atoms with van der Waals surface area (Å²) in [6.07, 6.45) is 5.28. The van der Waals surface area contributed by atoms with Crippen molar-refractivity contribution in [2.45, 2.75) is 6.92 Å². The molecule has 3 rings (SSSR count). The minimum absolute atomic E-state index is 0.164. The van der Waals surface area contributed by atoms with Crippen molar-refractivity contribution in [2.75, 3.05) is 5.32 Å². The maximum Gasteiger partial charge on any atom is 0.255 e. The molecule has 0 bridgehead atoms. The lowest BCUT2D eigenvalue weighted by Gasteiger charge is -2.09. The number of hydrogen-bond acceptors (Lipinski definition) is 2. The number of aryl methyl sites for hydroxylation is 1. The van der Waals surface area contributed by atoms with Gasteiger partial charge < -0.3 is 9.88 Å². The van der Waals surface area contributed by atoms with Crippen LogP contribution in [0.1, 0.15) is 15.9 Å². The highest BCUT2D eigenvalue weighted by Crippen LogP contribution is 2.21. The highest BCUT2D eigenvalue weighted by molar-refractivity contribution is 6.31. The van der Waals surface area contributed by atoms with Gasteiger partial charge in [-0.2, -0.15) is 0 Å². The summed E-state index contributed by atoms with van der Waals surface area (Å²) in [5.41, 5.74) is 3.22. The van der Waals surface area contributed by atoms with Gasteiger partial charge in [-0.15, -0.1) is 0 Å². The molecule has 3 aromatic rings. The Morgan fingerprint density at radius 2 is 1.95 bits per heavy atom. The summed E-state index contributed by atoms with van der Waals surface area (Å²) in [5, 5.41) is 3.47. The second kappa shape index (κ2) is 6.03. The molecule has 2 aromatic carbocycles. The van der Waals surface area contributed by atoms with Crippen LogP contribution in [0.5, 0.6) is 0 Å². The van der Waals surface area contributed by atoms with Gasteiger partial charge in [0.25, 0.3) is 5.91 Å². The molecular weight excluding hydrogens is 298 g/mol. The Bertz CT molecular complexity index is 795. The Morgan fingerprint density at radius 1 is 1.18 bits per heavy atom. The molecule has 0 atom stereocenters. The van der Waals surface area contributed by atoms with E-state index in [0.717, 1.165) is 16.9 Å². The average Bonchev–Trinajstić information content (AvgIpc) is 3.05. The van der Waals surface area contributed by atoms with Crippen molar-refractivity contribution in [3.8, 4) is 5.69 Å². The molecule has 0 aliphatic carbocycles. The molecule has 0 saturated carbocycles. The SMILES string of the molecule is Cc1ccc(Cl)cc1NC(=O)c1ccc(-n2ccnc2)cc1. The Kier molecular flexibility index (Phi) is 3.94. The standard InChI is InChI=1S/C17H14ClN3O/c1-12-2-5-14(18)10-16(12)20-17(22)13-3-6-15(7-4-13)21-9-8-19-11-21/h2-11H,1H3,(H,20,22). The molecule has 22 heavy (non-hydrogen) atoms. The first-order chi connectivity index (χ1) is 10.6. The van der Waals surface area contributed by atoms with Crippen molar-refractivity contribution in [3.05, 3.63) is 77.3 Å². The van der Waals surface area contributed by atoms with Crippen molar-refractivity contribution in [1.82, 2.24) is 9.55 Å². The Hall–Kier alpha value is -2.59. The smallest absolute Gasteiger partial charge is 0.255 e.